The van der Waals surface area contributed by atoms with Gasteiger partial charge < -0.3 is 10.2 Å². The Morgan fingerprint density at radius 2 is 1.04 bits per heavy atom. The molecule has 0 radical (unpaired) electrons. The third-order valence-electron chi connectivity index (χ3n) is 4.79. The van der Waals surface area contributed by atoms with E-state index >= 15 is 0 Å². The number of aliphatic hydroxyl groups excluding tert-OH is 2. The average molecular weight is 318 g/mol. The standard InChI is InChI=1S/C21H18O3/c22-15-11-12-16(23)20-18(14-9-5-2-6-10-14)21(24)17(19(15)20)13-7-3-1-4-8-13/h1-10,15-16,22-23H,11-12H2/t15-,16-/m0/s1. The molecule has 4 rings (SSSR count). The fourth-order valence-corrected chi connectivity index (χ4v) is 3.72. The molecule has 24 heavy (non-hydrogen) atoms. The van der Waals surface area contributed by atoms with Crippen LogP contribution in [0.2, 0.25) is 0 Å². The van der Waals surface area contributed by atoms with Gasteiger partial charge in [0.1, 0.15) is 0 Å². The summed E-state index contributed by atoms with van der Waals surface area (Å²) in [6.45, 7) is 0. The van der Waals surface area contributed by atoms with Crippen LogP contribution in [0, 0.1) is 0 Å². The van der Waals surface area contributed by atoms with Crippen molar-refractivity contribution in [3.8, 4) is 0 Å². The molecule has 2 aromatic carbocycles. The highest BCUT2D eigenvalue weighted by atomic mass is 16.3. The lowest BCUT2D eigenvalue weighted by molar-refractivity contribution is -0.108. The molecule has 0 amide bonds. The van der Waals surface area contributed by atoms with E-state index in [1.807, 2.05) is 60.7 Å². The second-order valence-corrected chi connectivity index (χ2v) is 6.25. The maximum Gasteiger partial charge on any atom is 0.195 e. The van der Waals surface area contributed by atoms with Crippen molar-refractivity contribution in [2.45, 2.75) is 25.0 Å². The van der Waals surface area contributed by atoms with Crippen LogP contribution < -0.4 is 0 Å². The minimum Gasteiger partial charge on any atom is -0.388 e. The first-order valence-corrected chi connectivity index (χ1v) is 8.19. The molecule has 0 unspecified atom stereocenters. The van der Waals surface area contributed by atoms with Crippen molar-refractivity contribution in [1.29, 1.82) is 0 Å². The van der Waals surface area contributed by atoms with E-state index in [0.29, 0.717) is 35.1 Å². The summed E-state index contributed by atoms with van der Waals surface area (Å²) in [5.74, 6) is -0.114. The zero-order valence-corrected chi connectivity index (χ0v) is 13.1. The first-order chi connectivity index (χ1) is 11.7. The quantitative estimate of drug-likeness (QED) is 0.895. The molecule has 0 spiro atoms. The van der Waals surface area contributed by atoms with E-state index in [2.05, 4.69) is 0 Å². The Morgan fingerprint density at radius 3 is 1.42 bits per heavy atom. The van der Waals surface area contributed by atoms with Crippen LogP contribution in [0.3, 0.4) is 0 Å². The van der Waals surface area contributed by atoms with Crippen molar-refractivity contribution < 1.29 is 15.0 Å². The summed E-state index contributed by atoms with van der Waals surface area (Å²) in [4.78, 5) is 13.2. The summed E-state index contributed by atoms with van der Waals surface area (Å²) in [7, 11) is 0. The summed E-state index contributed by atoms with van der Waals surface area (Å²) in [5.41, 5.74) is 3.82. The van der Waals surface area contributed by atoms with Crippen LogP contribution in [0.4, 0.5) is 0 Å². The molecule has 1 fully saturated rings. The highest BCUT2D eigenvalue weighted by molar-refractivity contribution is 6.47. The number of aliphatic hydroxyl groups is 2. The van der Waals surface area contributed by atoms with Gasteiger partial charge in [-0.2, -0.15) is 0 Å². The molecule has 0 heterocycles. The second kappa shape index (κ2) is 5.86. The lowest BCUT2D eigenvalue weighted by Gasteiger charge is -2.27. The van der Waals surface area contributed by atoms with Gasteiger partial charge in [0.2, 0.25) is 0 Å². The number of fused-ring (bicyclic) bond motifs is 1. The van der Waals surface area contributed by atoms with E-state index in [1.54, 1.807) is 0 Å². The fraction of sp³-hybridized carbons (Fsp3) is 0.190. The zero-order chi connectivity index (χ0) is 16.7. The van der Waals surface area contributed by atoms with Crippen LogP contribution in [-0.2, 0) is 4.79 Å². The molecular weight excluding hydrogens is 300 g/mol. The fourth-order valence-electron chi connectivity index (χ4n) is 3.72. The molecule has 3 nitrogen and oxygen atoms in total. The number of rotatable bonds is 2. The number of Topliss-reactive ketones (excluding diaryl/α,β-unsaturated/α-hetero) is 1. The molecule has 1 saturated carbocycles. The topological polar surface area (TPSA) is 57.5 Å². The Labute approximate surface area is 140 Å². The van der Waals surface area contributed by atoms with Gasteiger partial charge in [0, 0.05) is 11.1 Å². The van der Waals surface area contributed by atoms with Crippen molar-refractivity contribution in [2.24, 2.45) is 0 Å². The van der Waals surface area contributed by atoms with Crippen LogP contribution >= 0.6 is 0 Å². The van der Waals surface area contributed by atoms with Crippen molar-refractivity contribution in [3.05, 3.63) is 82.9 Å². The van der Waals surface area contributed by atoms with Crippen LogP contribution in [0.1, 0.15) is 24.0 Å². The van der Waals surface area contributed by atoms with Gasteiger partial charge in [-0.15, -0.1) is 0 Å². The van der Waals surface area contributed by atoms with Gasteiger partial charge in [-0.05, 0) is 35.1 Å². The molecule has 2 aliphatic rings. The van der Waals surface area contributed by atoms with Gasteiger partial charge in [0.25, 0.3) is 0 Å². The molecule has 2 atom stereocenters. The minimum atomic E-state index is -0.719. The third-order valence-corrected chi connectivity index (χ3v) is 4.79. The average Bonchev–Trinajstić information content (AvgIpc) is 2.94. The molecule has 0 bridgehead atoms. The van der Waals surface area contributed by atoms with Crippen LogP contribution in [0.15, 0.2) is 71.8 Å². The summed E-state index contributed by atoms with van der Waals surface area (Å²) in [5, 5.41) is 21.1. The molecule has 0 aromatic heterocycles. The maximum atomic E-state index is 13.2. The molecule has 2 aliphatic carbocycles. The summed E-state index contributed by atoms with van der Waals surface area (Å²) >= 11 is 0. The van der Waals surface area contributed by atoms with Gasteiger partial charge in [-0.25, -0.2) is 0 Å². The van der Waals surface area contributed by atoms with Crippen molar-refractivity contribution in [3.63, 3.8) is 0 Å². The van der Waals surface area contributed by atoms with Gasteiger partial charge in [-0.1, -0.05) is 60.7 Å². The largest absolute Gasteiger partial charge is 0.388 e. The summed E-state index contributed by atoms with van der Waals surface area (Å²) in [6, 6.07) is 18.8. The molecule has 0 aliphatic heterocycles. The lowest BCUT2D eigenvalue weighted by Crippen LogP contribution is -2.27. The zero-order valence-electron chi connectivity index (χ0n) is 13.1. The first-order valence-electron chi connectivity index (χ1n) is 8.19. The Kier molecular flexibility index (Phi) is 3.68. The van der Waals surface area contributed by atoms with E-state index in [4.69, 9.17) is 0 Å². The number of benzene rings is 2. The molecule has 2 aromatic rings. The minimum absolute atomic E-state index is 0.114. The summed E-state index contributed by atoms with van der Waals surface area (Å²) < 4.78 is 0. The third kappa shape index (κ3) is 2.25. The Hall–Kier alpha value is -2.49. The van der Waals surface area contributed by atoms with Gasteiger partial charge >= 0.3 is 0 Å². The molecule has 120 valence electrons. The van der Waals surface area contributed by atoms with E-state index < -0.39 is 12.2 Å². The summed E-state index contributed by atoms with van der Waals surface area (Å²) in [6.07, 6.45) is -0.510. The van der Waals surface area contributed by atoms with E-state index in [0.717, 1.165) is 11.1 Å². The highest BCUT2D eigenvalue weighted by Gasteiger charge is 2.41. The van der Waals surface area contributed by atoms with E-state index in [-0.39, 0.29) is 5.78 Å². The van der Waals surface area contributed by atoms with Gasteiger partial charge in [-0.3, -0.25) is 4.79 Å². The Bertz CT molecular complexity index is 776. The number of hydrogen-bond donors (Lipinski definition) is 2. The SMILES string of the molecule is O=C1C(c2ccccc2)=C2C(=C1c1ccccc1)[C@@H](O)CC[C@@H]2O. The number of hydrogen-bond acceptors (Lipinski definition) is 3. The van der Waals surface area contributed by atoms with Crippen molar-refractivity contribution in [1.82, 2.24) is 0 Å². The van der Waals surface area contributed by atoms with E-state index in [9.17, 15) is 15.0 Å². The smallest absolute Gasteiger partial charge is 0.195 e. The molecule has 3 heteroatoms. The van der Waals surface area contributed by atoms with E-state index in [1.165, 1.54) is 0 Å². The monoisotopic (exact) mass is 318 g/mol. The van der Waals surface area contributed by atoms with Crippen LogP contribution in [0.25, 0.3) is 11.1 Å². The maximum absolute atomic E-state index is 13.2. The van der Waals surface area contributed by atoms with Crippen LogP contribution in [-0.4, -0.2) is 28.2 Å². The molecule has 2 N–H and O–H groups in total. The highest BCUT2D eigenvalue weighted by Crippen LogP contribution is 2.46. The Balaban J connectivity index is 1.96. The predicted octanol–water partition coefficient (Wildman–Crippen LogP) is 2.99. The number of allylic oxidation sites excluding steroid dienone is 2. The van der Waals surface area contributed by atoms with Crippen molar-refractivity contribution >= 4 is 16.9 Å². The second-order valence-electron chi connectivity index (χ2n) is 6.25. The van der Waals surface area contributed by atoms with Crippen LogP contribution in [0.5, 0.6) is 0 Å². The number of carbonyl (C=O) groups is 1. The molecule has 0 saturated heterocycles. The number of carbonyl (C=O) groups excluding carboxylic acids is 1. The van der Waals surface area contributed by atoms with Crippen molar-refractivity contribution in [2.75, 3.05) is 0 Å². The predicted molar refractivity (Wildman–Crippen MR) is 93.0 cm³/mol. The lowest BCUT2D eigenvalue weighted by atomic mass is 9.83. The normalized spacial score (nSPS) is 23.7. The molecular formula is C21H18O3. The Morgan fingerprint density at radius 1 is 0.667 bits per heavy atom. The van der Waals surface area contributed by atoms with Gasteiger partial charge in [0.05, 0.1) is 12.2 Å². The van der Waals surface area contributed by atoms with Gasteiger partial charge in [0.15, 0.2) is 5.78 Å². The number of ketones is 1. The first kappa shape index (κ1) is 15.1.